The van der Waals surface area contributed by atoms with Crippen molar-refractivity contribution >= 4 is 17.5 Å². The fourth-order valence-electron chi connectivity index (χ4n) is 3.91. The number of likely N-dealkylation sites (tertiary alicyclic amines) is 1. The maximum atomic E-state index is 12.9. The maximum Gasteiger partial charge on any atom is 0.289 e. The molecule has 0 N–H and O–H groups in total. The second kappa shape index (κ2) is 8.49. The predicted octanol–water partition coefficient (Wildman–Crippen LogP) is 4.49. The highest BCUT2D eigenvalue weighted by Crippen LogP contribution is 2.32. The topological polar surface area (TPSA) is 36.7 Å². The second-order valence-corrected chi connectivity index (χ2v) is 8.26. The molecule has 144 valence electrons. The summed E-state index contributed by atoms with van der Waals surface area (Å²) in [5.41, 5.74) is 1.32. The molecule has 0 unspecified atom stereocenters. The van der Waals surface area contributed by atoms with Crippen LogP contribution in [0.5, 0.6) is 0 Å². The van der Waals surface area contributed by atoms with E-state index in [1.807, 2.05) is 12.1 Å². The Morgan fingerprint density at radius 2 is 1.85 bits per heavy atom. The van der Waals surface area contributed by atoms with E-state index in [9.17, 15) is 4.79 Å². The van der Waals surface area contributed by atoms with E-state index in [1.165, 1.54) is 18.4 Å². The molecule has 4 rings (SSSR count). The minimum Gasteiger partial charge on any atom is -0.459 e. The molecule has 1 aromatic carbocycles. The van der Waals surface area contributed by atoms with E-state index in [2.05, 4.69) is 21.9 Å². The van der Waals surface area contributed by atoms with E-state index in [0.717, 1.165) is 50.5 Å². The van der Waals surface area contributed by atoms with Crippen LogP contribution in [0.2, 0.25) is 5.02 Å². The molecule has 1 amide bonds. The largest absolute Gasteiger partial charge is 0.459 e. The number of furan rings is 1. The molecule has 0 radical (unpaired) electrons. The molecule has 1 aliphatic carbocycles. The molecule has 1 aromatic heterocycles. The zero-order valence-electron chi connectivity index (χ0n) is 15.6. The third-order valence-electron chi connectivity index (χ3n) is 5.77. The van der Waals surface area contributed by atoms with Gasteiger partial charge >= 0.3 is 0 Å². The Bertz CT molecular complexity index is 732. The number of carbonyl (C=O) groups excluding carboxylic acids is 1. The summed E-state index contributed by atoms with van der Waals surface area (Å²) < 4.78 is 5.38. The minimum atomic E-state index is 0.0616. The fraction of sp³-hybridized carbons (Fsp3) is 0.500. The molecule has 4 nitrogen and oxygen atoms in total. The van der Waals surface area contributed by atoms with E-state index in [0.29, 0.717) is 17.7 Å². The van der Waals surface area contributed by atoms with Crippen molar-refractivity contribution in [3.05, 3.63) is 59.0 Å². The number of hydrogen-bond donors (Lipinski definition) is 0. The number of amides is 1. The number of rotatable bonds is 7. The van der Waals surface area contributed by atoms with Crippen molar-refractivity contribution < 1.29 is 9.21 Å². The van der Waals surface area contributed by atoms with E-state index in [4.69, 9.17) is 16.0 Å². The van der Waals surface area contributed by atoms with E-state index in [-0.39, 0.29) is 5.91 Å². The molecule has 2 heterocycles. The van der Waals surface area contributed by atoms with Crippen LogP contribution in [0.4, 0.5) is 0 Å². The summed E-state index contributed by atoms with van der Waals surface area (Å²) >= 11 is 5.96. The first kappa shape index (κ1) is 18.6. The summed E-state index contributed by atoms with van der Waals surface area (Å²) in [6, 6.07) is 12.0. The minimum absolute atomic E-state index is 0.0616. The summed E-state index contributed by atoms with van der Waals surface area (Å²) in [5, 5.41) is 0.788. The first-order valence-corrected chi connectivity index (χ1v) is 10.4. The highest BCUT2D eigenvalue weighted by molar-refractivity contribution is 6.30. The molecule has 1 aliphatic heterocycles. The van der Waals surface area contributed by atoms with Crippen molar-refractivity contribution in [3.63, 3.8) is 0 Å². The van der Waals surface area contributed by atoms with Crippen molar-refractivity contribution in [1.29, 1.82) is 0 Å². The monoisotopic (exact) mass is 386 g/mol. The zero-order chi connectivity index (χ0) is 18.6. The van der Waals surface area contributed by atoms with E-state index in [1.54, 1.807) is 18.4 Å². The number of nitrogens with zero attached hydrogens (tertiary/aromatic N) is 2. The maximum absolute atomic E-state index is 12.9. The summed E-state index contributed by atoms with van der Waals surface area (Å²) in [6.07, 6.45) is 7.21. The summed E-state index contributed by atoms with van der Waals surface area (Å²) in [7, 11) is 0. The van der Waals surface area contributed by atoms with Gasteiger partial charge in [-0.3, -0.25) is 4.79 Å². The zero-order valence-corrected chi connectivity index (χ0v) is 16.4. The number of halogens is 1. The van der Waals surface area contributed by atoms with Crippen molar-refractivity contribution in [2.24, 2.45) is 5.92 Å². The summed E-state index contributed by atoms with van der Waals surface area (Å²) in [4.78, 5) is 17.5. The average Bonchev–Trinajstić information content (AvgIpc) is 3.35. The Balaban J connectivity index is 1.30. The van der Waals surface area contributed by atoms with Crippen molar-refractivity contribution in [3.8, 4) is 0 Å². The lowest BCUT2D eigenvalue weighted by Crippen LogP contribution is -2.48. The molecular weight excluding hydrogens is 360 g/mol. The lowest BCUT2D eigenvalue weighted by atomic mass is 10.0. The molecule has 1 saturated heterocycles. The van der Waals surface area contributed by atoms with E-state index < -0.39 is 0 Å². The van der Waals surface area contributed by atoms with Gasteiger partial charge in [0.2, 0.25) is 0 Å². The van der Waals surface area contributed by atoms with Crippen molar-refractivity contribution in [2.75, 3.05) is 26.2 Å². The molecular formula is C22H27ClN2O2. The third-order valence-corrected chi connectivity index (χ3v) is 6.02. The van der Waals surface area contributed by atoms with Crippen LogP contribution in [0.3, 0.4) is 0 Å². The Morgan fingerprint density at radius 1 is 1.11 bits per heavy atom. The molecule has 2 fully saturated rings. The van der Waals surface area contributed by atoms with Gasteiger partial charge in [0.25, 0.3) is 5.91 Å². The van der Waals surface area contributed by atoms with Crippen LogP contribution in [-0.2, 0) is 6.42 Å². The van der Waals surface area contributed by atoms with Crippen LogP contribution in [-0.4, -0.2) is 47.9 Å². The Morgan fingerprint density at radius 3 is 2.48 bits per heavy atom. The van der Waals surface area contributed by atoms with Gasteiger partial charge in [-0.05, 0) is 67.9 Å². The van der Waals surface area contributed by atoms with Gasteiger partial charge < -0.3 is 14.2 Å². The van der Waals surface area contributed by atoms with Gasteiger partial charge in [-0.25, -0.2) is 0 Å². The number of piperidine rings is 1. The molecule has 2 aliphatic rings. The number of hydrogen-bond acceptors (Lipinski definition) is 3. The SMILES string of the molecule is O=C(c1ccco1)N(CC1CC1)C1CCN(CCc2ccc(Cl)cc2)CC1. The molecule has 0 atom stereocenters. The van der Waals surface area contributed by atoms with Crippen LogP contribution in [0.1, 0.15) is 41.8 Å². The lowest BCUT2D eigenvalue weighted by molar-refractivity contribution is 0.0529. The Hall–Kier alpha value is -1.78. The highest BCUT2D eigenvalue weighted by atomic mass is 35.5. The second-order valence-electron chi connectivity index (χ2n) is 7.83. The lowest BCUT2D eigenvalue weighted by Gasteiger charge is -2.38. The van der Waals surface area contributed by atoms with Crippen LogP contribution < -0.4 is 0 Å². The first-order valence-electron chi connectivity index (χ1n) is 10.0. The quantitative estimate of drug-likeness (QED) is 0.703. The van der Waals surface area contributed by atoms with Crippen molar-refractivity contribution in [1.82, 2.24) is 9.80 Å². The molecule has 0 spiro atoms. The van der Waals surface area contributed by atoms with Crippen LogP contribution in [0.15, 0.2) is 47.1 Å². The van der Waals surface area contributed by atoms with Gasteiger partial charge in [0.15, 0.2) is 5.76 Å². The third kappa shape index (κ3) is 4.94. The predicted molar refractivity (Wildman–Crippen MR) is 107 cm³/mol. The molecule has 27 heavy (non-hydrogen) atoms. The van der Waals surface area contributed by atoms with Gasteiger partial charge in [0.1, 0.15) is 0 Å². The van der Waals surface area contributed by atoms with Crippen LogP contribution >= 0.6 is 11.6 Å². The number of carbonyl (C=O) groups is 1. The fourth-order valence-corrected chi connectivity index (χ4v) is 4.04. The highest BCUT2D eigenvalue weighted by Gasteiger charge is 2.34. The molecule has 0 bridgehead atoms. The van der Waals surface area contributed by atoms with Crippen LogP contribution in [0, 0.1) is 5.92 Å². The summed E-state index contributed by atoms with van der Waals surface area (Å²) in [6.45, 7) is 4.04. The van der Waals surface area contributed by atoms with Gasteiger partial charge in [-0.2, -0.15) is 0 Å². The van der Waals surface area contributed by atoms with E-state index >= 15 is 0 Å². The van der Waals surface area contributed by atoms with Gasteiger partial charge in [0, 0.05) is 37.2 Å². The molecule has 1 saturated carbocycles. The average molecular weight is 387 g/mol. The summed E-state index contributed by atoms with van der Waals surface area (Å²) in [5.74, 6) is 1.22. The van der Waals surface area contributed by atoms with Gasteiger partial charge in [0.05, 0.1) is 6.26 Å². The first-order chi connectivity index (χ1) is 13.2. The van der Waals surface area contributed by atoms with Gasteiger partial charge in [-0.15, -0.1) is 0 Å². The Kier molecular flexibility index (Phi) is 5.84. The van der Waals surface area contributed by atoms with Gasteiger partial charge in [-0.1, -0.05) is 23.7 Å². The van der Waals surface area contributed by atoms with Crippen molar-refractivity contribution in [2.45, 2.75) is 38.1 Å². The standard InChI is InChI=1S/C22H27ClN2O2/c23-19-7-5-17(6-8-19)9-12-24-13-10-20(11-14-24)25(16-18-3-4-18)22(26)21-2-1-15-27-21/h1-2,5-8,15,18,20H,3-4,9-14,16H2. The Labute approximate surface area is 166 Å². The number of benzene rings is 1. The molecule has 5 heteroatoms. The van der Waals surface area contributed by atoms with Crippen LogP contribution in [0.25, 0.3) is 0 Å². The normalized spacial score (nSPS) is 18.6. The smallest absolute Gasteiger partial charge is 0.289 e. The molecule has 2 aromatic rings.